The third kappa shape index (κ3) is 6.20. The number of benzene rings is 1. The highest BCUT2D eigenvalue weighted by Crippen LogP contribution is 2.38. The van der Waals surface area contributed by atoms with Gasteiger partial charge < -0.3 is 14.7 Å². The minimum Gasteiger partial charge on any atom is -0.406 e. The van der Waals surface area contributed by atoms with E-state index in [4.69, 9.17) is 11.6 Å². The van der Waals surface area contributed by atoms with Gasteiger partial charge in [-0.3, -0.25) is 14.6 Å². The van der Waals surface area contributed by atoms with Crippen LogP contribution < -0.4 is 15.2 Å². The molecule has 0 saturated carbocycles. The summed E-state index contributed by atoms with van der Waals surface area (Å²) < 4.78 is 41.1. The van der Waals surface area contributed by atoms with E-state index in [-0.39, 0.29) is 28.6 Å². The molecule has 0 unspecified atom stereocenters. The quantitative estimate of drug-likeness (QED) is 0.631. The fraction of sp³-hybridized carbons (Fsp3) is 0.421. The minimum absolute atomic E-state index is 0.107. The summed E-state index contributed by atoms with van der Waals surface area (Å²) in [5.74, 6) is -1.77. The molecule has 1 heterocycles. The number of hydrogen-bond acceptors (Lipinski definition) is 6. The molecule has 0 aliphatic heterocycles. The monoisotopic (exact) mass is 447 g/mol. The molecule has 1 aromatic carbocycles. The number of carbonyl (C=O) groups is 1. The van der Waals surface area contributed by atoms with Crippen molar-refractivity contribution < 1.29 is 27.8 Å². The Morgan fingerprint density at radius 3 is 2.43 bits per heavy atom. The number of carbonyl (C=O) groups excluding carboxylic acids is 1. The predicted octanol–water partition coefficient (Wildman–Crippen LogP) is 3.52. The summed E-state index contributed by atoms with van der Waals surface area (Å²) in [6.07, 6.45) is -5.17. The molecule has 11 heteroatoms. The van der Waals surface area contributed by atoms with Crippen LogP contribution in [0.1, 0.15) is 42.2 Å². The number of halogens is 4. The van der Waals surface area contributed by atoms with Gasteiger partial charge in [0.1, 0.15) is 11.4 Å². The average Bonchev–Trinajstić information content (AvgIpc) is 2.57. The lowest BCUT2D eigenvalue weighted by molar-refractivity contribution is -0.274. The highest BCUT2D eigenvalue weighted by molar-refractivity contribution is 6.31. The van der Waals surface area contributed by atoms with Gasteiger partial charge in [0.25, 0.3) is 5.56 Å². The van der Waals surface area contributed by atoms with E-state index in [1.807, 2.05) is 0 Å². The van der Waals surface area contributed by atoms with E-state index in [1.165, 1.54) is 24.8 Å². The number of alkyl halides is 3. The van der Waals surface area contributed by atoms with Crippen LogP contribution in [0.4, 0.5) is 19.1 Å². The number of rotatable bonds is 7. The van der Waals surface area contributed by atoms with Crippen LogP contribution in [0.2, 0.25) is 5.02 Å². The predicted molar refractivity (Wildman–Crippen MR) is 105 cm³/mol. The van der Waals surface area contributed by atoms with Crippen molar-refractivity contribution in [3.8, 4) is 5.75 Å². The first-order chi connectivity index (χ1) is 13.7. The van der Waals surface area contributed by atoms with Gasteiger partial charge >= 0.3 is 6.36 Å². The van der Waals surface area contributed by atoms with Crippen molar-refractivity contribution in [2.45, 2.75) is 38.1 Å². The molecule has 0 radical (unpaired) electrons. The van der Waals surface area contributed by atoms with E-state index >= 15 is 0 Å². The van der Waals surface area contributed by atoms with Gasteiger partial charge in [0.05, 0.1) is 5.60 Å². The molecule has 2 aromatic rings. The number of anilines is 1. The molecule has 0 bridgehead atoms. The summed E-state index contributed by atoms with van der Waals surface area (Å²) >= 11 is 6.13. The Bertz CT molecular complexity index is 984. The lowest BCUT2D eigenvalue weighted by Gasteiger charge is -2.30. The largest absolute Gasteiger partial charge is 0.573 e. The van der Waals surface area contributed by atoms with Crippen LogP contribution in [0, 0.1) is 0 Å². The van der Waals surface area contributed by atoms with Crippen molar-refractivity contribution >= 4 is 23.3 Å². The summed E-state index contributed by atoms with van der Waals surface area (Å²) in [4.78, 5) is 32.7. The van der Waals surface area contributed by atoms with E-state index < -0.39 is 35.0 Å². The SMILES string of the molecule is CN(C)c1nc(C(=O)C[C@@H](c2ccc(OC(F)(F)F)cc2Cl)C(C)(C)O)cc(=O)[nH]1. The van der Waals surface area contributed by atoms with E-state index in [1.54, 1.807) is 14.1 Å². The molecular weight excluding hydrogens is 427 g/mol. The van der Waals surface area contributed by atoms with Crippen LogP contribution >= 0.6 is 11.6 Å². The van der Waals surface area contributed by atoms with Crippen molar-refractivity contribution in [3.05, 3.63) is 50.9 Å². The third-order valence-electron chi connectivity index (χ3n) is 4.26. The Balaban J connectivity index is 2.38. The minimum atomic E-state index is -4.88. The van der Waals surface area contributed by atoms with Crippen LogP contribution in [0.25, 0.3) is 0 Å². The number of Topliss-reactive ketones (excluding diaryl/α,β-unsaturated/α-hetero) is 1. The Morgan fingerprint density at radius 2 is 1.93 bits per heavy atom. The smallest absolute Gasteiger partial charge is 0.406 e. The van der Waals surface area contributed by atoms with Crippen molar-refractivity contribution in [1.82, 2.24) is 9.97 Å². The summed E-state index contributed by atoms with van der Waals surface area (Å²) in [7, 11) is 3.27. The van der Waals surface area contributed by atoms with Crippen LogP contribution in [-0.4, -0.2) is 46.9 Å². The zero-order valence-electron chi connectivity index (χ0n) is 16.7. The molecule has 0 aliphatic carbocycles. The molecule has 2 N–H and O–H groups in total. The van der Waals surface area contributed by atoms with Crippen LogP contribution in [0.5, 0.6) is 5.75 Å². The molecule has 0 spiro atoms. The number of H-pyrrole nitrogens is 1. The molecular formula is C19H21ClF3N3O4. The maximum atomic E-state index is 12.8. The zero-order valence-corrected chi connectivity index (χ0v) is 17.4. The zero-order chi connectivity index (χ0) is 22.9. The number of nitrogens with one attached hydrogen (secondary N) is 1. The molecule has 30 heavy (non-hydrogen) atoms. The summed E-state index contributed by atoms with van der Waals surface area (Å²) in [5.41, 5.74) is -1.84. The van der Waals surface area contributed by atoms with E-state index in [0.717, 1.165) is 18.2 Å². The first-order valence-corrected chi connectivity index (χ1v) is 9.14. The summed E-state index contributed by atoms with van der Waals surface area (Å²) in [6, 6.07) is 4.31. The van der Waals surface area contributed by atoms with Gasteiger partial charge in [-0.25, -0.2) is 4.98 Å². The molecule has 1 atom stereocenters. The normalized spacial score (nSPS) is 13.1. The van der Waals surface area contributed by atoms with Crippen molar-refractivity contribution in [3.63, 3.8) is 0 Å². The molecule has 0 amide bonds. The first kappa shape index (κ1) is 23.7. The Kier molecular flexibility index (Phi) is 6.83. The maximum absolute atomic E-state index is 12.8. The standard InChI is InChI=1S/C19H21ClF3N3O4/c1-18(2,29)12(11-6-5-10(7-13(11)20)30-19(21,22)23)8-15(27)14-9-16(28)25-17(24-14)26(3)4/h5-7,9,12,29H,8H2,1-4H3,(H,24,25,28)/t12-/m0/s1. The van der Waals surface area contributed by atoms with Gasteiger partial charge in [0.15, 0.2) is 5.78 Å². The number of hydrogen-bond donors (Lipinski definition) is 2. The van der Waals surface area contributed by atoms with Crippen LogP contribution in [0.3, 0.4) is 0 Å². The number of nitrogens with zero attached hydrogens (tertiary/aromatic N) is 2. The van der Waals surface area contributed by atoms with Crippen LogP contribution in [-0.2, 0) is 0 Å². The number of ketones is 1. The van der Waals surface area contributed by atoms with Gasteiger partial charge in [-0.1, -0.05) is 17.7 Å². The second kappa shape index (κ2) is 8.65. The second-order valence-corrected chi connectivity index (χ2v) is 7.82. The topological polar surface area (TPSA) is 95.5 Å². The third-order valence-corrected chi connectivity index (χ3v) is 4.59. The molecule has 0 fully saturated rings. The fourth-order valence-corrected chi connectivity index (χ4v) is 3.12. The number of aromatic nitrogens is 2. The number of ether oxygens (including phenoxy) is 1. The Labute approximate surface area is 175 Å². The lowest BCUT2D eigenvalue weighted by Crippen LogP contribution is -2.31. The van der Waals surface area contributed by atoms with E-state index in [2.05, 4.69) is 14.7 Å². The van der Waals surface area contributed by atoms with Gasteiger partial charge in [-0.2, -0.15) is 0 Å². The van der Waals surface area contributed by atoms with Gasteiger partial charge in [-0.15, -0.1) is 13.2 Å². The molecule has 0 saturated heterocycles. The lowest BCUT2D eigenvalue weighted by atomic mass is 9.80. The fourth-order valence-electron chi connectivity index (χ4n) is 2.82. The van der Waals surface area contributed by atoms with Crippen LogP contribution in [0.15, 0.2) is 29.1 Å². The van der Waals surface area contributed by atoms with E-state index in [9.17, 15) is 27.9 Å². The van der Waals surface area contributed by atoms with E-state index in [0.29, 0.717) is 0 Å². The Hall–Kier alpha value is -2.59. The maximum Gasteiger partial charge on any atom is 0.573 e. The number of aromatic amines is 1. The highest BCUT2D eigenvalue weighted by atomic mass is 35.5. The van der Waals surface area contributed by atoms with Crippen molar-refractivity contribution in [2.75, 3.05) is 19.0 Å². The molecule has 2 rings (SSSR count). The Morgan fingerprint density at radius 1 is 1.30 bits per heavy atom. The summed E-state index contributed by atoms with van der Waals surface area (Å²) in [6.45, 7) is 2.88. The second-order valence-electron chi connectivity index (χ2n) is 7.41. The molecule has 0 aliphatic rings. The van der Waals surface area contributed by atoms with Crippen molar-refractivity contribution in [2.24, 2.45) is 0 Å². The molecule has 7 nitrogen and oxygen atoms in total. The van der Waals surface area contributed by atoms with Crippen molar-refractivity contribution in [1.29, 1.82) is 0 Å². The van der Waals surface area contributed by atoms with Gasteiger partial charge in [0, 0.05) is 37.5 Å². The molecule has 1 aromatic heterocycles. The summed E-state index contributed by atoms with van der Waals surface area (Å²) in [5, 5.41) is 10.5. The van der Waals surface area contributed by atoms with Gasteiger partial charge in [-0.05, 0) is 31.5 Å². The average molecular weight is 448 g/mol. The highest BCUT2D eigenvalue weighted by Gasteiger charge is 2.34. The van der Waals surface area contributed by atoms with Gasteiger partial charge in [0.2, 0.25) is 5.95 Å². The first-order valence-electron chi connectivity index (χ1n) is 8.77. The molecule has 164 valence electrons. The number of aliphatic hydroxyl groups is 1.